The number of carbonyl (C=O) groups is 2. The van der Waals surface area contributed by atoms with Crippen LogP contribution in [0.1, 0.15) is 13.8 Å². The van der Waals surface area contributed by atoms with Gasteiger partial charge in [0.15, 0.2) is 18.3 Å². The molecule has 0 bridgehead atoms. The zero-order chi connectivity index (χ0) is 16.4. The summed E-state index contributed by atoms with van der Waals surface area (Å²) in [6.45, 7) is 2.39. The Hall–Kier alpha value is -1.69. The maximum absolute atomic E-state index is 11.3. The number of ether oxygens (including phenoxy) is 5. The summed E-state index contributed by atoms with van der Waals surface area (Å²) in [5, 5.41) is 9.07. The van der Waals surface area contributed by atoms with E-state index in [-0.39, 0.29) is 6.61 Å². The molecule has 21 heavy (non-hydrogen) atoms. The number of hydrogen-bond donors (Lipinski definition) is 0. The molecule has 120 valence electrons. The standard InChI is InChI=1S/C13H21NO7/c1-8(15)20-11(7-17-3)13(21-9(2)16)12(19-5)10(6-14)18-4/h10-13H,7H2,1-5H3/t10-,11+,12+,13+/m1/s1. The first kappa shape index (κ1) is 19.3. The average Bonchev–Trinajstić information content (AvgIpc) is 2.41. The fourth-order valence-corrected chi connectivity index (χ4v) is 1.81. The van der Waals surface area contributed by atoms with E-state index in [0.29, 0.717) is 0 Å². The first-order valence-corrected chi connectivity index (χ1v) is 6.19. The smallest absolute Gasteiger partial charge is 0.303 e. The largest absolute Gasteiger partial charge is 0.456 e. The highest BCUT2D eigenvalue weighted by Gasteiger charge is 2.40. The van der Waals surface area contributed by atoms with Crippen molar-refractivity contribution in [2.45, 2.75) is 38.3 Å². The second kappa shape index (κ2) is 10.1. The molecule has 0 aromatic rings. The van der Waals surface area contributed by atoms with Crippen LogP contribution in [-0.2, 0) is 33.3 Å². The minimum absolute atomic E-state index is 0.0285. The fourth-order valence-electron chi connectivity index (χ4n) is 1.81. The van der Waals surface area contributed by atoms with Gasteiger partial charge in [0, 0.05) is 35.2 Å². The third kappa shape index (κ3) is 6.53. The van der Waals surface area contributed by atoms with E-state index >= 15 is 0 Å². The van der Waals surface area contributed by atoms with Crippen LogP contribution in [-0.4, -0.2) is 64.3 Å². The molecule has 0 aliphatic rings. The Morgan fingerprint density at radius 1 is 1.00 bits per heavy atom. The summed E-state index contributed by atoms with van der Waals surface area (Å²) < 4.78 is 25.4. The molecule has 8 nitrogen and oxygen atoms in total. The Labute approximate surface area is 123 Å². The summed E-state index contributed by atoms with van der Waals surface area (Å²) in [4.78, 5) is 22.5. The van der Waals surface area contributed by atoms with E-state index in [0.717, 1.165) is 0 Å². The number of nitrogens with zero attached hydrogens (tertiary/aromatic N) is 1. The summed E-state index contributed by atoms with van der Waals surface area (Å²) in [5.41, 5.74) is 0. The van der Waals surface area contributed by atoms with Crippen molar-refractivity contribution in [2.24, 2.45) is 0 Å². The Balaban J connectivity index is 5.41. The van der Waals surface area contributed by atoms with Crippen LogP contribution in [0.2, 0.25) is 0 Å². The molecule has 0 radical (unpaired) electrons. The van der Waals surface area contributed by atoms with Gasteiger partial charge in [-0.15, -0.1) is 0 Å². The molecule has 0 unspecified atom stereocenters. The molecule has 0 heterocycles. The fraction of sp³-hybridized carbons (Fsp3) is 0.769. The van der Waals surface area contributed by atoms with Gasteiger partial charge < -0.3 is 23.7 Å². The average molecular weight is 303 g/mol. The molecule has 0 spiro atoms. The lowest BCUT2D eigenvalue weighted by Crippen LogP contribution is -2.51. The Morgan fingerprint density at radius 2 is 1.57 bits per heavy atom. The Morgan fingerprint density at radius 3 is 1.90 bits per heavy atom. The zero-order valence-corrected chi connectivity index (χ0v) is 12.8. The third-order valence-electron chi connectivity index (χ3n) is 2.59. The van der Waals surface area contributed by atoms with E-state index in [1.807, 2.05) is 6.07 Å². The van der Waals surface area contributed by atoms with Crippen molar-refractivity contribution in [2.75, 3.05) is 27.9 Å². The Kier molecular flexibility index (Phi) is 9.28. The highest BCUT2D eigenvalue weighted by Crippen LogP contribution is 2.18. The zero-order valence-electron chi connectivity index (χ0n) is 12.8. The molecule has 0 aromatic heterocycles. The van der Waals surface area contributed by atoms with E-state index in [2.05, 4.69) is 0 Å². The van der Waals surface area contributed by atoms with Gasteiger partial charge >= 0.3 is 11.9 Å². The number of hydrogen-bond acceptors (Lipinski definition) is 8. The van der Waals surface area contributed by atoms with Gasteiger partial charge in [0.25, 0.3) is 0 Å². The SMILES string of the molecule is COC[C@H](OC(C)=O)[C@H](OC(C)=O)[C@@H](OC)[C@@H](C#N)OC. The highest BCUT2D eigenvalue weighted by atomic mass is 16.6. The number of esters is 2. The van der Waals surface area contributed by atoms with Crippen molar-refractivity contribution in [1.82, 2.24) is 0 Å². The number of methoxy groups -OCH3 is 3. The summed E-state index contributed by atoms with van der Waals surface area (Å²) in [7, 11) is 4.06. The molecule has 0 N–H and O–H groups in total. The lowest BCUT2D eigenvalue weighted by atomic mass is 10.0. The predicted molar refractivity (Wildman–Crippen MR) is 70.2 cm³/mol. The molecular formula is C13H21NO7. The van der Waals surface area contributed by atoms with Gasteiger partial charge in [-0.1, -0.05) is 0 Å². The molecule has 0 rings (SSSR count). The molecule has 8 heteroatoms. The van der Waals surface area contributed by atoms with Crippen LogP contribution in [0.5, 0.6) is 0 Å². The summed E-state index contributed by atoms with van der Waals surface area (Å²) in [6, 6.07) is 1.89. The molecule has 0 aromatic carbocycles. The molecule has 0 aliphatic carbocycles. The van der Waals surface area contributed by atoms with Crippen molar-refractivity contribution < 1.29 is 33.3 Å². The lowest BCUT2D eigenvalue weighted by molar-refractivity contribution is -0.188. The van der Waals surface area contributed by atoms with Crippen LogP contribution in [0.15, 0.2) is 0 Å². The number of rotatable bonds is 9. The van der Waals surface area contributed by atoms with Crippen molar-refractivity contribution >= 4 is 11.9 Å². The van der Waals surface area contributed by atoms with E-state index in [9.17, 15) is 9.59 Å². The lowest BCUT2D eigenvalue weighted by Gasteiger charge is -2.32. The Bertz CT molecular complexity index is 379. The van der Waals surface area contributed by atoms with Crippen LogP contribution in [0.4, 0.5) is 0 Å². The van der Waals surface area contributed by atoms with E-state index < -0.39 is 36.4 Å². The van der Waals surface area contributed by atoms with Crippen LogP contribution < -0.4 is 0 Å². The summed E-state index contributed by atoms with van der Waals surface area (Å²) in [5.74, 6) is -1.18. The molecule has 0 aliphatic heterocycles. The summed E-state index contributed by atoms with van der Waals surface area (Å²) >= 11 is 0. The number of nitriles is 1. The molecule has 0 amide bonds. The highest BCUT2D eigenvalue weighted by molar-refractivity contribution is 5.67. The van der Waals surface area contributed by atoms with Crippen LogP contribution in [0, 0.1) is 11.3 Å². The molecular weight excluding hydrogens is 282 g/mol. The molecule has 0 saturated heterocycles. The minimum atomic E-state index is -1.04. The first-order valence-electron chi connectivity index (χ1n) is 6.19. The van der Waals surface area contributed by atoms with Crippen molar-refractivity contribution in [1.29, 1.82) is 5.26 Å². The van der Waals surface area contributed by atoms with Crippen LogP contribution in [0.25, 0.3) is 0 Å². The van der Waals surface area contributed by atoms with Gasteiger partial charge in [0.05, 0.1) is 12.7 Å². The third-order valence-corrected chi connectivity index (χ3v) is 2.59. The van der Waals surface area contributed by atoms with Crippen LogP contribution >= 0.6 is 0 Å². The molecule has 4 atom stereocenters. The predicted octanol–water partition coefficient (Wildman–Crippen LogP) is 0.0498. The van der Waals surface area contributed by atoms with Gasteiger partial charge in [-0.05, 0) is 0 Å². The van der Waals surface area contributed by atoms with Gasteiger partial charge in [-0.2, -0.15) is 5.26 Å². The maximum atomic E-state index is 11.3. The normalized spacial score (nSPS) is 16.2. The van der Waals surface area contributed by atoms with Gasteiger partial charge in [0.2, 0.25) is 0 Å². The van der Waals surface area contributed by atoms with Crippen LogP contribution in [0.3, 0.4) is 0 Å². The molecule has 0 saturated carbocycles. The maximum Gasteiger partial charge on any atom is 0.303 e. The molecule has 0 fully saturated rings. The number of carbonyl (C=O) groups excluding carboxylic acids is 2. The van der Waals surface area contributed by atoms with Crippen molar-refractivity contribution in [3.8, 4) is 6.07 Å². The second-order valence-electron chi connectivity index (χ2n) is 4.16. The minimum Gasteiger partial charge on any atom is -0.456 e. The first-order chi connectivity index (χ1) is 9.90. The quantitative estimate of drug-likeness (QED) is 0.550. The van der Waals surface area contributed by atoms with Gasteiger partial charge in [0.1, 0.15) is 6.10 Å². The van der Waals surface area contributed by atoms with E-state index in [4.69, 9.17) is 28.9 Å². The van der Waals surface area contributed by atoms with Gasteiger partial charge in [-0.25, -0.2) is 0 Å². The topological polar surface area (TPSA) is 104 Å². The van der Waals surface area contributed by atoms with Gasteiger partial charge in [-0.3, -0.25) is 9.59 Å². The van der Waals surface area contributed by atoms with Crippen molar-refractivity contribution in [3.63, 3.8) is 0 Å². The van der Waals surface area contributed by atoms with E-state index in [1.54, 1.807) is 0 Å². The van der Waals surface area contributed by atoms with Crippen molar-refractivity contribution in [3.05, 3.63) is 0 Å². The summed E-state index contributed by atoms with van der Waals surface area (Å²) in [6.07, 6.45) is -3.91. The monoisotopic (exact) mass is 303 g/mol. The van der Waals surface area contributed by atoms with E-state index in [1.165, 1.54) is 35.2 Å². The second-order valence-corrected chi connectivity index (χ2v) is 4.16.